The molecular weight excluding hydrogens is 359 g/mol. The van der Waals surface area contributed by atoms with E-state index in [-0.39, 0.29) is 9.37 Å². The summed E-state index contributed by atoms with van der Waals surface area (Å²) >= 11 is 3.02. The minimum Gasteiger partial charge on any atom is -0.304 e. The van der Waals surface area contributed by atoms with Gasteiger partial charge in [0.15, 0.2) is 0 Å². The zero-order valence-electron chi connectivity index (χ0n) is 12.0. The van der Waals surface area contributed by atoms with Crippen LogP contribution < -0.4 is 4.72 Å². The highest BCUT2D eigenvalue weighted by atomic mass is 79.9. The van der Waals surface area contributed by atoms with Crippen molar-refractivity contribution in [1.82, 2.24) is 9.62 Å². The summed E-state index contributed by atoms with van der Waals surface area (Å²) in [5.74, 6) is -0.225. The third-order valence-corrected chi connectivity index (χ3v) is 5.98. The van der Waals surface area contributed by atoms with Crippen molar-refractivity contribution < 1.29 is 12.8 Å². The molecule has 0 spiro atoms. The Kier molecular flexibility index (Phi) is 5.76. The van der Waals surface area contributed by atoms with E-state index in [1.807, 2.05) is 0 Å². The Morgan fingerprint density at radius 3 is 2.62 bits per heavy atom. The Hall–Kier alpha value is -0.500. The SMILES string of the molecule is CCN1CCC(CNS(=O)(=O)c2ccc(Br)c(F)c2)CC1. The van der Waals surface area contributed by atoms with Gasteiger partial charge in [-0.15, -0.1) is 0 Å². The number of nitrogens with one attached hydrogen (secondary N) is 1. The molecule has 0 atom stereocenters. The Morgan fingerprint density at radius 1 is 1.38 bits per heavy atom. The predicted octanol–water partition coefficient (Wildman–Crippen LogP) is 2.60. The van der Waals surface area contributed by atoms with Crippen LogP contribution in [0.2, 0.25) is 0 Å². The van der Waals surface area contributed by atoms with Crippen LogP contribution >= 0.6 is 15.9 Å². The number of sulfonamides is 1. The molecule has 0 unspecified atom stereocenters. The van der Waals surface area contributed by atoms with Gasteiger partial charge in [-0.2, -0.15) is 0 Å². The number of piperidine rings is 1. The summed E-state index contributed by atoms with van der Waals surface area (Å²) in [6.07, 6.45) is 1.98. The van der Waals surface area contributed by atoms with Gasteiger partial charge in [-0.1, -0.05) is 6.92 Å². The lowest BCUT2D eigenvalue weighted by Crippen LogP contribution is -2.38. The largest absolute Gasteiger partial charge is 0.304 e. The van der Waals surface area contributed by atoms with Crippen LogP contribution in [0.25, 0.3) is 0 Å². The normalized spacial score (nSPS) is 18.0. The quantitative estimate of drug-likeness (QED) is 0.856. The van der Waals surface area contributed by atoms with Gasteiger partial charge in [-0.25, -0.2) is 17.5 Å². The third kappa shape index (κ3) is 4.48. The zero-order chi connectivity index (χ0) is 15.5. The van der Waals surface area contributed by atoms with E-state index in [0.29, 0.717) is 12.5 Å². The Labute approximate surface area is 133 Å². The summed E-state index contributed by atoms with van der Waals surface area (Å²) in [4.78, 5) is 2.32. The maximum Gasteiger partial charge on any atom is 0.240 e. The minimum atomic E-state index is -3.64. The molecule has 0 radical (unpaired) electrons. The average Bonchev–Trinajstić information content (AvgIpc) is 2.48. The number of likely N-dealkylation sites (tertiary alicyclic amines) is 1. The molecule has 4 nitrogen and oxygen atoms in total. The van der Waals surface area contributed by atoms with Crippen LogP contribution in [0.3, 0.4) is 0 Å². The van der Waals surface area contributed by atoms with Crippen LogP contribution in [0.5, 0.6) is 0 Å². The van der Waals surface area contributed by atoms with E-state index in [4.69, 9.17) is 0 Å². The van der Waals surface area contributed by atoms with Gasteiger partial charge in [0, 0.05) is 6.54 Å². The maximum absolute atomic E-state index is 13.4. The Bertz CT molecular complexity index is 587. The smallest absolute Gasteiger partial charge is 0.240 e. The molecule has 0 amide bonds. The second kappa shape index (κ2) is 7.17. The van der Waals surface area contributed by atoms with E-state index in [2.05, 4.69) is 32.5 Å². The van der Waals surface area contributed by atoms with Crippen LogP contribution in [0, 0.1) is 11.7 Å². The molecule has 21 heavy (non-hydrogen) atoms. The van der Waals surface area contributed by atoms with Crippen LogP contribution in [0.1, 0.15) is 19.8 Å². The van der Waals surface area contributed by atoms with E-state index < -0.39 is 15.8 Å². The maximum atomic E-state index is 13.4. The van der Waals surface area contributed by atoms with E-state index in [1.54, 1.807) is 0 Å². The molecular formula is C14H20BrFN2O2S. The molecule has 1 saturated heterocycles. The first kappa shape index (κ1) is 16.9. The van der Waals surface area contributed by atoms with Crippen LogP contribution in [-0.4, -0.2) is 39.5 Å². The van der Waals surface area contributed by atoms with Gasteiger partial charge >= 0.3 is 0 Å². The lowest BCUT2D eigenvalue weighted by molar-refractivity contribution is 0.194. The minimum absolute atomic E-state index is 0.0332. The first-order valence-electron chi connectivity index (χ1n) is 7.09. The molecule has 0 aromatic heterocycles. The highest BCUT2D eigenvalue weighted by Crippen LogP contribution is 2.20. The summed E-state index contributed by atoms with van der Waals surface area (Å²) in [5, 5.41) is 0. The monoisotopic (exact) mass is 378 g/mol. The summed E-state index contributed by atoms with van der Waals surface area (Å²) in [6.45, 7) is 5.60. The fraction of sp³-hybridized carbons (Fsp3) is 0.571. The molecule has 1 aliphatic heterocycles. The standard InChI is InChI=1S/C14H20BrFN2O2S/c1-2-18-7-5-11(6-8-18)10-17-21(19,20)12-3-4-13(15)14(16)9-12/h3-4,9,11,17H,2,5-8,10H2,1H3. The van der Waals surface area contributed by atoms with Gasteiger partial charge in [0.25, 0.3) is 0 Å². The number of halogens is 2. The van der Waals surface area contributed by atoms with Crippen molar-refractivity contribution in [2.45, 2.75) is 24.7 Å². The second-order valence-electron chi connectivity index (χ2n) is 5.31. The molecule has 1 heterocycles. The van der Waals surface area contributed by atoms with E-state index in [1.165, 1.54) is 12.1 Å². The van der Waals surface area contributed by atoms with Crippen molar-refractivity contribution >= 4 is 26.0 Å². The van der Waals surface area contributed by atoms with Crippen molar-refractivity contribution in [2.24, 2.45) is 5.92 Å². The van der Waals surface area contributed by atoms with E-state index in [0.717, 1.165) is 38.5 Å². The highest BCUT2D eigenvalue weighted by molar-refractivity contribution is 9.10. The molecule has 7 heteroatoms. The number of hydrogen-bond acceptors (Lipinski definition) is 3. The molecule has 2 rings (SSSR count). The fourth-order valence-corrected chi connectivity index (χ4v) is 3.84. The summed E-state index contributed by atoms with van der Waals surface area (Å²) < 4.78 is 40.6. The van der Waals surface area contributed by atoms with E-state index in [9.17, 15) is 12.8 Å². The highest BCUT2D eigenvalue weighted by Gasteiger charge is 2.21. The van der Waals surface area contributed by atoms with Gasteiger partial charge in [0.05, 0.1) is 9.37 Å². The van der Waals surface area contributed by atoms with Crippen molar-refractivity contribution in [3.05, 3.63) is 28.5 Å². The zero-order valence-corrected chi connectivity index (χ0v) is 14.4. The Morgan fingerprint density at radius 2 is 2.05 bits per heavy atom. The first-order chi connectivity index (χ1) is 9.92. The topological polar surface area (TPSA) is 49.4 Å². The van der Waals surface area contributed by atoms with Gasteiger partial charge < -0.3 is 4.90 Å². The van der Waals surface area contributed by atoms with Crippen molar-refractivity contribution in [1.29, 1.82) is 0 Å². The van der Waals surface area contributed by atoms with Crippen LogP contribution in [-0.2, 0) is 10.0 Å². The lowest BCUT2D eigenvalue weighted by atomic mass is 9.97. The molecule has 0 saturated carbocycles. The molecule has 1 aliphatic rings. The first-order valence-corrected chi connectivity index (χ1v) is 9.37. The van der Waals surface area contributed by atoms with Crippen molar-refractivity contribution in [3.8, 4) is 0 Å². The summed E-state index contributed by atoms with van der Waals surface area (Å²) in [7, 11) is -3.64. The molecule has 1 aromatic rings. The van der Waals surface area contributed by atoms with Gasteiger partial charge in [0.2, 0.25) is 10.0 Å². The predicted molar refractivity (Wildman–Crippen MR) is 84.1 cm³/mol. The number of nitrogens with zero attached hydrogens (tertiary/aromatic N) is 1. The number of hydrogen-bond donors (Lipinski definition) is 1. The van der Waals surface area contributed by atoms with Crippen LogP contribution in [0.15, 0.2) is 27.6 Å². The summed E-state index contributed by atoms with van der Waals surface area (Å²) in [5.41, 5.74) is 0. The molecule has 0 aliphatic carbocycles. The average molecular weight is 379 g/mol. The van der Waals surface area contributed by atoms with Crippen molar-refractivity contribution in [3.63, 3.8) is 0 Å². The number of benzene rings is 1. The Balaban J connectivity index is 1.94. The molecule has 1 N–H and O–H groups in total. The van der Waals surface area contributed by atoms with Crippen molar-refractivity contribution in [2.75, 3.05) is 26.2 Å². The van der Waals surface area contributed by atoms with Gasteiger partial charge in [-0.3, -0.25) is 0 Å². The molecule has 1 aromatic carbocycles. The fourth-order valence-electron chi connectivity index (χ4n) is 2.46. The molecule has 118 valence electrons. The molecule has 0 bridgehead atoms. The second-order valence-corrected chi connectivity index (χ2v) is 7.93. The van der Waals surface area contributed by atoms with Gasteiger partial charge in [-0.05, 0) is 72.5 Å². The lowest BCUT2D eigenvalue weighted by Gasteiger charge is -2.30. The summed E-state index contributed by atoms with van der Waals surface area (Å²) in [6, 6.07) is 3.84. The number of rotatable bonds is 5. The van der Waals surface area contributed by atoms with Gasteiger partial charge in [0.1, 0.15) is 5.82 Å². The van der Waals surface area contributed by atoms with E-state index >= 15 is 0 Å². The molecule has 1 fully saturated rings. The third-order valence-electron chi connectivity index (χ3n) is 3.92. The van der Waals surface area contributed by atoms with Crippen LogP contribution in [0.4, 0.5) is 4.39 Å².